The van der Waals surface area contributed by atoms with Gasteiger partial charge in [0.05, 0.1) is 11.8 Å². The Morgan fingerprint density at radius 3 is 2.54 bits per heavy atom. The smallest absolute Gasteiger partial charge is 0.314 e. The molecule has 13 heavy (non-hydrogen) atoms. The standard InChI is InChI=1S/C10H12O3/c1-5-4-6(11)8-7(5)9(12)13-10(8,2)3/h4,7-8H,1-3H3/t7-,8+/m0/s1. The summed E-state index contributed by atoms with van der Waals surface area (Å²) in [4.78, 5) is 22.9. The van der Waals surface area contributed by atoms with Crippen molar-refractivity contribution in [3.05, 3.63) is 11.6 Å². The molecule has 0 aromatic carbocycles. The first-order valence-electron chi connectivity index (χ1n) is 4.38. The minimum atomic E-state index is -0.632. The highest BCUT2D eigenvalue weighted by Crippen LogP contribution is 2.44. The number of ether oxygens (including phenoxy) is 1. The van der Waals surface area contributed by atoms with Crippen molar-refractivity contribution in [2.45, 2.75) is 26.4 Å². The van der Waals surface area contributed by atoms with E-state index in [9.17, 15) is 9.59 Å². The average Bonchev–Trinajstić information content (AvgIpc) is 2.35. The normalized spacial score (nSPS) is 35.8. The molecule has 3 heteroatoms. The molecule has 0 unspecified atom stereocenters. The Morgan fingerprint density at radius 2 is 2.00 bits per heavy atom. The number of hydrogen-bond donors (Lipinski definition) is 0. The monoisotopic (exact) mass is 180 g/mol. The van der Waals surface area contributed by atoms with Gasteiger partial charge in [-0.1, -0.05) is 5.57 Å². The zero-order valence-electron chi connectivity index (χ0n) is 7.96. The van der Waals surface area contributed by atoms with Crippen LogP contribution in [0.3, 0.4) is 0 Å². The lowest BCUT2D eigenvalue weighted by atomic mass is 9.83. The molecule has 2 aliphatic rings. The summed E-state index contributed by atoms with van der Waals surface area (Å²) in [6, 6.07) is 0. The molecule has 1 aliphatic carbocycles. The van der Waals surface area contributed by atoms with Crippen LogP contribution in [0.4, 0.5) is 0 Å². The molecule has 2 atom stereocenters. The number of esters is 1. The number of ketones is 1. The van der Waals surface area contributed by atoms with E-state index in [4.69, 9.17) is 4.74 Å². The highest BCUT2D eigenvalue weighted by molar-refractivity contribution is 6.03. The molecular weight excluding hydrogens is 168 g/mol. The largest absolute Gasteiger partial charge is 0.458 e. The van der Waals surface area contributed by atoms with Gasteiger partial charge in [0.25, 0.3) is 0 Å². The number of cyclic esters (lactones) is 1. The van der Waals surface area contributed by atoms with Crippen molar-refractivity contribution in [1.29, 1.82) is 0 Å². The van der Waals surface area contributed by atoms with Crippen LogP contribution in [0.5, 0.6) is 0 Å². The van der Waals surface area contributed by atoms with Crippen LogP contribution < -0.4 is 0 Å². The number of fused-ring (bicyclic) bond motifs is 1. The summed E-state index contributed by atoms with van der Waals surface area (Å²) in [5, 5.41) is 0. The zero-order valence-corrected chi connectivity index (χ0v) is 7.96. The van der Waals surface area contributed by atoms with E-state index in [0.717, 1.165) is 5.57 Å². The number of allylic oxidation sites excluding steroid dienone is 1. The summed E-state index contributed by atoms with van der Waals surface area (Å²) >= 11 is 0. The molecule has 70 valence electrons. The first-order valence-corrected chi connectivity index (χ1v) is 4.38. The number of carbonyl (C=O) groups is 2. The molecule has 1 saturated heterocycles. The van der Waals surface area contributed by atoms with Gasteiger partial charge < -0.3 is 4.74 Å². The van der Waals surface area contributed by atoms with Gasteiger partial charge in [0.2, 0.25) is 0 Å². The van der Waals surface area contributed by atoms with E-state index in [1.165, 1.54) is 0 Å². The molecule has 2 rings (SSSR count). The van der Waals surface area contributed by atoms with Crippen LogP contribution in [0.15, 0.2) is 11.6 Å². The van der Waals surface area contributed by atoms with Gasteiger partial charge in [-0.3, -0.25) is 9.59 Å². The van der Waals surface area contributed by atoms with Gasteiger partial charge in [0.15, 0.2) is 5.78 Å². The summed E-state index contributed by atoms with van der Waals surface area (Å²) in [5.41, 5.74) is 0.207. The Kier molecular flexibility index (Phi) is 1.45. The summed E-state index contributed by atoms with van der Waals surface area (Å²) in [7, 11) is 0. The minimum Gasteiger partial charge on any atom is -0.458 e. The Balaban J connectivity index is 2.46. The lowest BCUT2D eigenvalue weighted by Crippen LogP contribution is -2.32. The van der Waals surface area contributed by atoms with E-state index < -0.39 is 5.60 Å². The highest BCUT2D eigenvalue weighted by atomic mass is 16.6. The summed E-state index contributed by atoms with van der Waals surface area (Å²) in [6.07, 6.45) is 1.57. The van der Waals surface area contributed by atoms with Crippen molar-refractivity contribution in [3.63, 3.8) is 0 Å². The van der Waals surface area contributed by atoms with E-state index in [-0.39, 0.29) is 23.6 Å². The Morgan fingerprint density at radius 1 is 1.38 bits per heavy atom. The summed E-state index contributed by atoms with van der Waals surface area (Å²) in [5.74, 6) is -0.838. The molecule has 3 nitrogen and oxygen atoms in total. The van der Waals surface area contributed by atoms with Gasteiger partial charge in [-0.05, 0) is 26.8 Å². The van der Waals surface area contributed by atoms with Gasteiger partial charge in [0.1, 0.15) is 5.60 Å². The van der Waals surface area contributed by atoms with Crippen molar-refractivity contribution >= 4 is 11.8 Å². The molecule has 0 aromatic rings. The molecule has 0 N–H and O–H groups in total. The quantitative estimate of drug-likeness (QED) is 0.524. The van der Waals surface area contributed by atoms with Gasteiger partial charge in [-0.2, -0.15) is 0 Å². The fraction of sp³-hybridized carbons (Fsp3) is 0.600. The van der Waals surface area contributed by atoms with E-state index in [0.29, 0.717) is 0 Å². The zero-order chi connectivity index (χ0) is 9.80. The van der Waals surface area contributed by atoms with Crippen LogP contribution in [-0.2, 0) is 14.3 Å². The van der Waals surface area contributed by atoms with E-state index >= 15 is 0 Å². The molecule has 0 saturated carbocycles. The van der Waals surface area contributed by atoms with Crippen LogP contribution in [0.1, 0.15) is 20.8 Å². The number of rotatable bonds is 0. The first kappa shape index (κ1) is 8.48. The SMILES string of the molecule is CC1=CC(=O)[C@@H]2[C@H]1C(=O)OC2(C)C. The van der Waals surface area contributed by atoms with Crippen LogP contribution in [-0.4, -0.2) is 17.4 Å². The lowest BCUT2D eigenvalue weighted by Gasteiger charge is -2.21. The van der Waals surface area contributed by atoms with Gasteiger partial charge in [-0.15, -0.1) is 0 Å². The molecule has 1 heterocycles. The van der Waals surface area contributed by atoms with Crippen molar-refractivity contribution in [2.75, 3.05) is 0 Å². The van der Waals surface area contributed by atoms with E-state index in [2.05, 4.69) is 0 Å². The number of carbonyl (C=O) groups excluding carboxylic acids is 2. The second kappa shape index (κ2) is 2.22. The maximum absolute atomic E-state index is 11.5. The molecule has 1 aliphatic heterocycles. The van der Waals surface area contributed by atoms with Crippen LogP contribution >= 0.6 is 0 Å². The molecule has 0 radical (unpaired) electrons. The topological polar surface area (TPSA) is 43.4 Å². The first-order chi connectivity index (χ1) is 5.93. The van der Waals surface area contributed by atoms with Crippen LogP contribution in [0, 0.1) is 11.8 Å². The Labute approximate surface area is 76.8 Å². The second-order valence-electron chi connectivity index (χ2n) is 4.27. The van der Waals surface area contributed by atoms with E-state index in [1.54, 1.807) is 19.9 Å². The Bertz CT molecular complexity index is 325. The van der Waals surface area contributed by atoms with Crippen molar-refractivity contribution < 1.29 is 14.3 Å². The highest BCUT2D eigenvalue weighted by Gasteiger charge is 2.56. The second-order valence-corrected chi connectivity index (χ2v) is 4.27. The van der Waals surface area contributed by atoms with E-state index in [1.807, 2.05) is 6.92 Å². The van der Waals surface area contributed by atoms with Crippen molar-refractivity contribution in [2.24, 2.45) is 11.8 Å². The van der Waals surface area contributed by atoms with Crippen molar-refractivity contribution in [3.8, 4) is 0 Å². The molecule has 1 fully saturated rings. The third kappa shape index (κ3) is 0.961. The van der Waals surface area contributed by atoms with Gasteiger partial charge in [-0.25, -0.2) is 0 Å². The molecule has 0 spiro atoms. The average molecular weight is 180 g/mol. The van der Waals surface area contributed by atoms with Crippen LogP contribution in [0.25, 0.3) is 0 Å². The van der Waals surface area contributed by atoms with Gasteiger partial charge in [0, 0.05) is 0 Å². The Hall–Kier alpha value is -1.12. The molecule has 0 amide bonds. The van der Waals surface area contributed by atoms with Crippen molar-refractivity contribution in [1.82, 2.24) is 0 Å². The molecule has 0 bridgehead atoms. The molecular formula is C10H12O3. The summed E-state index contributed by atoms with van der Waals surface area (Å²) in [6.45, 7) is 5.39. The number of hydrogen-bond acceptors (Lipinski definition) is 3. The lowest BCUT2D eigenvalue weighted by molar-refractivity contribution is -0.148. The molecule has 0 aromatic heterocycles. The van der Waals surface area contributed by atoms with Crippen LogP contribution in [0.2, 0.25) is 0 Å². The maximum atomic E-state index is 11.5. The fourth-order valence-corrected chi connectivity index (χ4v) is 2.28. The third-order valence-electron chi connectivity index (χ3n) is 2.87. The fourth-order valence-electron chi connectivity index (χ4n) is 2.28. The predicted octanol–water partition coefficient (Wildman–Crippen LogP) is 1.08. The third-order valence-corrected chi connectivity index (χ3v) is 2.87. The maximum Gasteiger partial charge on any atom is 0.314 e. The summed E-state index contributed by atoms with van der Waals surface area (Å²) < 4.78 is 5.16. The predicted molar refractivity (Wildman–Crippen MR) is 45.9 cm³/mol. The minimum absolute atomic E-state index is 0.0263. The van der Waals surface area contributed by atoms with Gasteiger partial charge >= 0.3 is 5.97 Å².